The highest BCUT2D eigenvalue weighted by molar-refractivity contribution is 5.82. The molecule has 0 fully saturated rings. The van der Waals surface area contributed by atoms with Crippen molar-refractivity contribution in [3.05, 3.63) is 48.0 Å². The number of hydrogen-bond donors (Lipinski definition) is 2. The van der Waals surface area contributed by atoms with Crippen LogP contribution in [0.2, 0.25) is 0 Å². The number of nitrogens with one attached hydrogen (secondary N) is 2. The molecule has 2 nitrogen and oxygen atoms in total. The highest BCUT2D eigenvalue weighted by Crippen LogP contribution is 2.15. The zero-order chi connectivity index (χ0) is 13.3. The van der Waals surface area contributed by atoms with Crippen LogP contribution in [0.25, 0.3) is 10.8 Å². The van der Waals surface area contributed by atoms with E-state index in [1.807, 2.05) is 0 Å². The minimum atomic E-state index is 1.05. The Bertz CT molecular complexity index is 493. The van der Waals surface area contributed by atoms with Crippen LogP contribution >= 0.6 is 0 Å². The van der Waals surface area contributed by atoms with Crippen molar-refractivity contribution >= 4 is 10.8 Å². The molecular formula is C17H24N2. The smallest absolute Gasteiger partial charge is 0.00768 e. The molecule has 0 aliphatic rings. The molecule has 0 spiro atoms. The van der Waals surface area contributed by atoms with E-state index in [4.69, 9.17) is 0 Å². The lowest BCUT2D eigenvalue weighted by Crippen LogP contribution is -2.29. The second-order valence-corrected chi connectivity index (χ2v) is 4.93. The van der Waals surface area contributed by atoms with Gasteiger partial charge in [0, 0.05) is 13.1 Å². The monoisotopic (exact) mass is 256 g/mol. The van der Waals surface area contributed by atoms with E-state index in [0.717, 1.165) is 32.6 Å². The Balaban J connectivity index is 1.72. The van der Waals surface area contributed by atoms with E-state index in [1.54, 1.807) is 0 Å². The van der Waals surface area contributed by atoms with Gasteiger partial charge in [0.05, 0.1) is 0 Å². The Kier molecular flexibility index (Phi) is 5.86. The zero-order valence-corrected chi connectivity index (χ0v) is 11.8. The van der Waals surface area contributed by atoms with Crippen LogP contribution in [0.15, 0.2) is 42.5 Å². The van der Waals surface area contributed by atoms with Crippen molar-refractivity contribution in [1.29, 1.82) is 0 Å². The van der Waals surface area contributed by atoms with Gasteiger partial charge in [-0.15, -0.1) is 0 Å². The largest absolute Gasteiger partial charge is 0.315 e. The van der Waals surface area contributed by atoms with Crippen LogP contribution in [0, 0.1) is 0 Å². The van der Waals surface area contributed by atoms with Gasteiger partial charge in [0.25, 0.3) is 0 Å². The van der Waals surface area contributed by atoms with Crippen molar-refractivity contribution in [1.82, 2.24) is 10.6 Å². The van der Waals surface area contributed by atoms with Crippen LogP contribution < -0.4 is 10.6 Å². The number of hydrogen-bond acceptors (Lipinski definition) is 2. The summed E-state index contributed by atoms with van der Waals surface area (Å²) >= 11 is 0. The van der Waals surface area contributed by atoms with Gasteiger partial charge in [-0.25, -0.2) is 0 Å². The van der Waals surface area contributed by atoms with Crippen molar-refractivity contribution < 1.29 is 0 Å². The first-order chi connectivity index (χ1) is 9.40. The summed E-state index contributed by atoms with van der Waals surface area (Å²) in [4.78, 5) is 0. The topological polar surface area (TPSA) is 24.1 Å². The predicted octanol–water partition coefficient (Wildman–Crippen LogP) is 2.97. The van der Waals surface area contributed by atoms with Gasteiger partial charge in [-0.2, -0.15) is 0 Å². The van der Waals surface area contributed by atoms with Crippen LogP contribution in [0.1, 0.15) is 18.9 Å². The molecule has 0 atom stereocenters. The summed E-state index contributed by atoms with van der Waals surface area (Å²) in [6, 6.07) is 15.3. The molecular weight excluding hydrogens is 232 g/mol. The van der Waals surface area contributed by atoms with Gasteiger partial charge < -0.3 is 10.6 Å². The summed E-state index contributed by atoms with van der Waals surface area (Å²) in [5.41, 5.74) is 1.41. The lowest BCUT2D eigenvalue weighted by atomic mass is 10.1. The average Bonchev–Trinajstić information content (AvgIpc) is 2.46. The molecule has 0 amide bonds. The van der Waals surface area contributed by atoms with Gasteiger partial charge in [-0.3, -0.25) is 0 Å². The molecule has 0 saturated heterocycles. The third-order valence-electron chi connectivity index (χ3n) is 3.31. The van der Waals surface area contributed by atoms with Crippen LogP contribution in [0.4, 0.5) is 0 Å². The maximum absolute atomic E-state index is 3.48. The summed E-state index contributed by atoms with van der Waals surface area (Å²) in [6.45, 7) is 6.47. The highest BCUT2D eigenvalue weighted by atomic mass is 14.9. The SMILES string of the molecule is CCCNCCNCCc1ccc2ccccc2c1. The molecule has 0 radical (unpaired) electrons. The quantitative estimate of drug-likeness (QED) is 0.710. The first-order valence-corrected chi connectivity index (χ1v) is 7.29. The summed E-state index contributed by atoms with van der Waals surface area (Å²) in [5.74, 6) is 0. The van der Waals surface area contributed by atoms with E-state index in [1.165, 1.54) is 22.8 Å². The Hall–Kier alpha value is -1.38. The fourth-order valence-corrected chi connectivity index (χ4v) is 2.23. The first-order valence-electron chi connectivity index (χ1n) is 7.29. The second kappa shape index (κ2) is 7.93. The number of fused-ring (bicyclic) bond motifs is 1. The van der Waals surface area contributed by atoms with Crippen molar-refractivity contribution in [2.24, 2.45) is 0 Å². The molecule has 2 N–H and O–H groups in total. The Labute approximate surface area is 116 Å². The molecule has 2 rings (SSSR count). The van der Waals surface area contributed by atoms with Crippen LogP contribution in [-0.4, -0.2) is 26.2 Å². The Morgan fingerprint density at radius 3 is 2.32 bits per heavy atom. The van der Waals surface area contributed by atoms with Gasteiger partial charge in [-0.1, -0.05) is 49.4 Å². The molecule has 0 bridgehead atoms. The molecule has 2 aromatic carbocycles. The van der Waals surface area contributed by atoms with Gasteiger partial charge >= 0.3 is 0 Å². The average molecular weight is 256 g/mol. The summed E-state index contributed by atoms with van der Waals surface area (Å²) in [6.07, 6.45) is 2.30. The van der Waals surface area contributed by atoms with Gasteiger partial charge in [0.1, 0.15) is 0 Å². The normalized spacial score (nSPS) is 11.0. The summed E-state index contributed by atoms with van der Waals surface area (Å²) in [7, 11) is 0. The van der Waals surface area contributed by atoms with Crippen molar-refractivity contribution in [3.8, 4) is 0 Å². The van der Waals surface area contributed by atoms with Crippen LogP contribution in [0.3, 0.4) is 0 Å². The van der Waals surface area contributed by atoms with Crippen LogP contribution in [-0.2, 0) is 6.42 Å². The molecule has 0 aliphatic carbocycles. The number of benzene rings is 2. The van der Waals surface area contributed by atoms with Crippen LogP contribution in [0.5, 0.6) is 0 Å². The van der Waals surface area contributed by atoms with Gasteiger partial charge in [0.15, 0.2) is 0 Å². The Morgan fingerprint density at radius 2 is 1.53 bits per heavy atom. The minimum Gasteiger partial charge on any atom is -0.315 e. The van der Waals surface area contributed by atoms with E-state index >= 15 is 0 Å². The number of rotatable bonds is 8. The van der Waals surface area contributed by atoms with Gasteiger partial charge in [-0.05, 0) is 42.3 Å². The van der Waals surface area contributed by atoms with Crippen molar-refractivity contribution in [3.63, 3.8) is 0 Å². The van der Waals surface area contributed by atoms with E-state index in [9.17, 15) is 0 Å². The molecule has 2 aromatic rings. The second-order valence-electron chi connectivity index (χ2n) is 4.93. The molecule has 0 unspecified atom stereocenters. The standard InChI is InChI=1S/C17H24N2/c1-2-10-18-12-13-19-11-9-15-7-8-16-5-3-4-6-17(16)14-15/h3-8,14,18-19H,2,9-13H2,1H3. The maximum Gasteiger partial charge on any atom is 0.00768 e. The predicted molar refractivity (Wildman–Crippen MR) is 83.7 cm³/mol. The van der Waals surface area contributed by atoms with E-state index in [0.29, 0.717) is 0 Å². The first kappa shape index (κ1) is 14.0. The maximum atomic E-state index is 3.48. The molecule has 0 aromatic heterocycles. The third-order valence-corrected chi connectivity index (χ3v) is 3.31. The molecule has 0 saturated carbocycles. The molecule has 2 heteroatoms. The van der Waals surface area contributed by atoms with Gasteiger partial charge in [0.2, 0.25) is 0 Å². The Morgan fingerprint density at radius 1 is 0.789 bits per heavy atom. The lowest BCUT2D eigenvalue weighted by Gasteiger charge is -2.07. The minimum absolute atomic E-state index is 1.05. The van der Waals surface area contributed by atoms with E-state index in [2.05, 4.69) is 60.0 Å². The molecule has 19 heavy (non-hydrogen) atoms. The van der Waals surface area contributed by atoms with E-state index < -0.39 is 0 Å². The molecule has 0 heterocycles. The fourth-order valence-electron chi connectivity index (χ4n) is 2.23. The van der Waals surface area contributed by atoms with E-state index in [-0.39, 0.29) is 0 Å². The summed E-state index contributed by atoms with van der Waals surface area (Å²) in [5, 5.41) is 9.53. The lowest BCUT2D eigenvalue weighted by molar-refractivity contribution is 0.607. The fraction of sp³-hybridized carbons (Fsp3) is 0.412. The van der Waals surface area contributed by atoms with Crippen molar-refractivity contribution in [2.45, 2.75) is 19.8 Å². The highest BCUT2D eigenvalue weighted by Gasteiger charge is 1.96. The molecule has 102 valence electrons. The summed E-state index contributed by atoms with van der Waals surface area (Å²) < 4.78 is 0. The zero-order valence-electron chi connectivity index (χ0n) is 11.8. The molecule has 0 aliphatic heterocycles. The van der Waals surface area contributed by atoms with Crippen molar-refractivity contribution in [2.75, 3.05) is 26.2 Å². The third kappa shape index (κ3) is 4.66.